The van der Waals surface area contributed by atoms with Crippen molar-refractivity contribution in [3.05, 3.63) is 52.5 Å². The van der Waals surface area contributed by atoms with E-state index in [1.54, 1.807) is 30.3 Å². The van der Waals surface area contributed by atoms with Crippen LogP contribution in [-0.4, -0.2) is 43.7 Å². The third-order valence-electron chi connectivity index (χ3n) is 4.48. The molecule has 0 unspecified atom stereocenters. The van der Waals surface area contributed by atoms with Gasteiger partial charge < -0.3 is 20.1 Å². The maximum Gasteiger partial charge on any atom is 0.329 e. The molecule has 0 saturated heterocycles. The van der Waals surface area contributed by atoms with E-state index in [1.165, 1.54) is 6.21 Å². The zero-order chi connectivity index (χ0) is 24.9. The van der Waals surface area contributed by atoms with E-state index in [0.717, 1.165) is 18.4 Å². The lowest BCUT2D eigenvalue weighted by atomic mass is 10.2. The number of nitrogens with one attached hydrogen (secondary N) is 3. The summed E-state index contributed by atoms with van der Waals surface area (Å²) in [6.07, 6.45) is 3.07. The first-order chi connectivity index (χ1) is 16.3. The van der Waals surface area contributed by atoms with Crippen LogP contribution in [0.3, 0.4) is 0 Å². The fraction of sp³-hybridized carbons (Fsp3) is 0.333. The number of anilines is 1. The number of hydrogen-bond donors (Lipinski definition) is 3. The number of hydrogen-bond acceptors (Lipinski definition) is 6. The quantitative estimate of drug-likeness (QED) is 0.194. The summed E-state index contributed by atoms with van der Waals surface area (Å²) in [4.78, 5) is 35.6. The number of unbranched alkanes of at least 4 members (excludes halogenated alkanes) is 1. The van der Waals surface area contributed by atoms with Crippen molar-refractivity contribution in [1.82, 2.24) is 10.7 Å². The maximum absolute atomic E-state index is 12.2. The first-order valence-corrected chi connectivity index (χ1v) is 11.3. The Bertz CT molecular complexity index is 1040. The molecule has 0 aliphatic rings. The summed E-state index contributed by atoms with van der Waals surface area (Å²) in [6.45, 7) is 6.25. The van der Waals surface area contributed by atoms with Crippen molar-refractivity contribution in [3.8, 4) is 11.5 Å². The zero-order valence-corrected chi connectivity index (χ0v) is 20.2. The Morgan fingerprint density at radius 3 is 2.53 bits per heavy atom. The van der Waals surface area contributed by atoms with Gasteiger partial charge in [0.05, 0.1) is 12.8 Å². The Balaban J connectivity index is 1.94. The molecule has 0 aliphatic heterocycles. The van der Waals surface area contributed by atoms with Crippen LogP contribution in [0.1, 0.15) is 37.8 Å². The number of benzene rings is 2. The molecule has 0 heterocycles. The first kappa shape index (κ1) is 26.7. The minimum absolute atomic E-state index is 0.234. The van der Waals surface area contributed by atoms with E-state index in [2.05, 4.69) is 21.2 Å². The fourth-order valence-electron chi connectivity index (χ4n) is 2.68. The van der Waals surface area contributed by atoms with E-state index in [9.17, 15) is 14.4 Å². The molecule has 0 atom stereocenters. The van der Waals surface area contributed by atoms with Crippen molar-refractivity contribution in [1.29, 1.82) is 0 Å². The highest BCUT2D eigenvalue weighted by molar-refractivity contribution is 6.35. The van der Waals surface area contributed by atoms with Gasteiger partial charge in [0, 0.05) is 17.3 Å². The molecule has 2 aromatic rings. The van der Waals surface area contributed by atoms with Crippen molar-refractivity contribution in [3.63, 3.8) is 0 Å². The molecule has 0 saturated carbocycles. The standard InChI is InChI=1S/C24H29ClN4O5/c1-4-6-11-26-23(31)24(32)29-27-14-17-8-10-20(21(12-17)33-5-2)34-15-22(30)28-18-9-7-16(3)19(25)13-18/h7-10,12-14H,4-6,11,15H2,1-3H3,(H,26,31)(H,28,30)(H,29,32)/b27-14-. The third-order valence-corrected chi connectivity index (χ3v) is 4.89. The maximum atomic E-state index is 12.2. The van der Waals surface area contributed by atoms with Gasteiger partial charge in [0.2, 0.25) is 0 Å². The number of halogens is 1. The summed E-state index contributed by atoms with van der Waals surface area (Å²) < 4.78 is 11.2. The second-order valence-corrected chi connectivity index (χ2v) is 7.66. The van der Waals surface area contributed by atoms with Gasteiger partial charge in [0.1, 0.15) is 0 Å². The average molecular weight is 489 g/mol. The Morgan fingerprint density at radius 1 is 1.03 bits per heavy atom. The number of amides is 3. The van der Waals surface area contributed by atoms with Crippen molar-refractivity contribution < 1.29 is 23.9 Å². The highest BCUT2D eigenvalue weighted by atomic mass is 35.5. The zero-order valence-electron chi connectivity index (χ0n) is 19.4. The molecule has 34 heavy (non-hydrogen) atoms. The SMILES string of the molecule is CCCCNC(=O)C(=O)N/N=C\c1ccc(OCC(=O)Nc2ccc(C)c(Cl)c2)c(OCC)c1. The lowest BCUT2D eigenvalue weighted by Crippen LogP contribution is -2.38. The van der Waals surface area contributed by atoms with Gasteiger partial charge >= 0.3 is 11.8 Å². The van der Waals surface area contributed by atoms with E-state index < -0.39 is 11.8 Å². The van der Waals surface area contributed by atoms with Crippen LogP contribution in [0.15, 0.2) is 41.5 Å². The Hall–Kier alpha value is -3.59. The van der Waals surface area contributed by atoms with Gasteiger partial charge in [0.25, 0.3) is 5.91 Å². The second-order valence-electron chi connectivity index (χ2n) is 7.25. The predicted molar refractivity (Wildman–Crippen MR) is 132 cm³/mol. The monoisotopic (exact) mass is 488 g/mol. The number of carbonyl (C=O) groups is 3. The Morgan fingerprint density at radius 2 is 1.82 bits per heavy atom. The first-order valence-electron chi connectivity index (χ1n) is 10.9. The van der Waals surface area contributed by atoms with Gasteiger partial charge in [-0.1, -0.05) is 31.0 Å². The minimum atomic E-state index is -0.849. The summed E-state index contributed by atoms with van der Waals surface area (Å²) in [5, 5.41) is 9.59. The van der Waals surface area contributed by atoms with Crippen LogP contribution in [-0.2, 0) is 14.4 Å². The van der Waals surface area contributed by atoms with E-state index in [-0.39, 0.29) is 12.5 Å². The van der Waals surface area contributed by atoms with Gasteiger partial charge in [-0.15, -0.1) is 0 Å². The normalized spacial score (nSPS) is 10.6. The van der Waals surface area contributed by atoms with Crippen LogP contribution in [0.2, 0.25) is 5.02 Å². The van der Waals surface area contributed by atoms with Crippen LogP contribution in [0, 0.1) is 6.92 Å². The molecule has 3 N–H and O–H groups in total. The van der Waals surface area contributed by atoms with Crippen molar-refractivity contribution in [2.24, 2.45) is 5.10 Å². The van der Waals surface area contributed by atoms with E-state index >= 15 is 0 Å². The van der Waals surface area contributed by atoms with Crippen molar-refractivity contribution in [2.75, 3.05) is 25.1 Å². The summed E-state index contributed by atoms with van der Waals surface area (Å²) >= 11 is 6.08. The predicted octanol–water partition coefficient (Wildman–Crippen LogP) is 3.43. The van der Waals surface area contributed by atoms with E-state index in [1.807, 2.05) is 26.8 Å². The molecular formula is C24H29ClN4O5. The second kappa shape index (κ2) is 13.8. The highest BCUT2D eigenvalue weighted by Crippen LogP contribution is 2.28. The van der Waals surface area contributed by atoms with Crippen LogP contribution in [0.5, 0.6) is 11.5 Å². The molecule has 2 aromatic carbocycles. The molecule has 9 nitrogen and oxygen atoms in total. The lowest BCUT2D eigenvalue weighted by Gasteiger charge is -2.13. The van der Waals surface area contributed by atoms with Crippen LogP contribution >= 0.6 is 11.6 Å². The number of nitrogens with zero attached hydrogens (tertiary/aromatic N) is 1. The topological polar surface area (TPSA) is 118 Å². The molecule has 0 aromatic heterocycles. The van der Waals surface area contributed by atoms with E-state index in [0.29, 0.717) is 40.9 Å². The summed E-state index contributed by atoms with van der Waals surface area (Å²) in [6, 6.07) is 10.2. The molecule has 182 valence electrons. The van der Waals surface area contributed by atoms with Crippen molar-refractivity contribution >= 4 is 41.2 Å². The largest absolute Gasteiger partial charge is 0.490 e. The van der Waals surface area contributed by atoms with Crippen LogP contribution < -0.4 is 25.5 Å². The van der Waals surface area contributed by atoms with Crippen LogP contribution in [0.25, 0.3) is 0 Å². The molecule has 10 heteroatoms. The highest BCUT2D eigenvalue weighted by Gasteiger charge is 2.12. The minimum Gasteiger partial charge on any atom is -0.490 e. The number of hydrazone groups is 1. The lowest BCUT2D eigenvalue weighted by molar-refractivity contribution is -0.139. The van der Waals surface area contributed by atoms with Crippen molar-refractivity contribution in [2.45, 2.75) is 33.6 Å². The number of aryl methyl sites for hydroxylation is 1. The summed E-state index contributed by atoms with van der Waals surface area (Å²) in [5.41, 5.74) is 4.26. The number of rotatable bonds is 11. The van der Waals surface area contributed by atoms with E-state index in [4.69, 9.17) is 21.1 Å². The summed E-state index contributed by atoms with van der Waals surface area (Å²) in [5.74, 6) is -1.17. The molecule has 0 spiro atoms. The molecule has 2 rings (SSSR count). The number of carbonyl (C=O) groups excluding carboxylic acids is 3. The molecular weight excluding hydrogens is 460 g/mol. The smallest absolute Gasteiger partial charge is 0.329 e. The fourth-order valence-corrected chi connectivity index (χ4v) is 2.86. The van der Waals surface area contributed by atoms with Gasteiger partial charge in [-0.05, 0) is 61.7 Å². The molecule has 0 fully saturated rings. The average Bonchev–Trinajstić information content (AvgIpc) is 2.81. The van der Waals surface area contributed by atoms with Gasteiger partial charge in [-0.2, -0.15) is 5.10 Å². The van der Waals surface area contributed by atoms with Gasteiger partial charge in [-0.3, -0.25) is 14.4 Å². The number of ether oxygens (including phenoxy) is 2. The molecule has 0 aliphatic carbocycles. The molecule has 3 amide bonds. The molecule has 0 bridgehead atoms. The Labute approximate surface area is 203 Å². The van der Waals surface area contributed by atoms with Crippen LogP contribution in [0.4, 0.5) is 5.69 Å². The van der Waals surface area contributed by atoms with Gasteiger partial charge in [-0.25, -0.2) is 5.43 Å². The Kier molecular flexibility index (Phi) is 10.9. The third kappa shape index (κ3) is 8.74. The van der Waals surface area contributed by atoms with Gasteiger partial charge in [0.15, 0.2) is 18.1 Å². The molecule has 0 radical (unpaired) electrons. The summed E-state index contributed by atoms with van der Waals surface area (Å²) in [7, 11) is 0.